The summed E-state index contributed by atoms with van der Waals surface area (Å²) in [4.78, 5) is 2.40. The number of morpholine rings is 1. The number of hydrogen-bond donors (Lipinski definition) is 0. The van der Waals surface area contributed by atoms with Crippen LogP contribution >= 0.6 is 0 Å². The van der Waals surface area contributed by atoms with E-state index in [0.29, 0.717) is 0 Å². The maximum Gasteiger partial charge on any atom is 0.0594 e. The fourth-order valence-electron chi connectivity index (χ4n) is 1.50. The van der Waals surface area contributed by atoms with Gasteiger partial charge in [-0.3, -0.25) is 4.90 Å². The first-order valence-corrected chi connectivity index (χ1v) is 5.22. The van der Waals surface area contributed by atoms with E-state index in [1.54, 1.807) is 0 Å². The van der Waals surface area contributed by atoms with Crippen LogP contribution in [-0.2, 0) is 4.74 Å². The van der Waals surface area contributed by atoms with Crippen molar-refractivity contribution in [3.63, 3.8) is 0 Å². The lowest BCUT2D eigenvalue weighted by Crippen LogP contribution is -2.37. The lowest BCUT2D eigenvalue weighted by atomic mass is 9.90. The van der Waals surface area contributed by atoms with Crippen molar-refractivity contribution < 1.29 is 6.11 Å². The highest BCUT2D eigenvalue weighted by Gasteiger charge is 2.13. The van der Waals surface area contributed by atoms with Crippen LogP contribution in [0.15, 0.2) is 0 Å². The van der Waals surface area contributed by atoms with E-state index in [1.165, 1.54) is 0 Å². The zero-order valence-corrected chi connectivity index (χ0v) is 9.18. The minimum Gasteiger partial charge on any atom is -0.379 e. The molecule has 1 aliphatic rings. The molecule has 0 amide bonds. The molecule has 1 fully saturated rings. The van der Waals surface area contributed by atoms with E-state index < -0.39 is 0 Å². The fourth-order valence-corrected chi connectivity index (χ4v) is 1.50. The Kier molecular flexibility index (Phi) is 3.62. The summed E-state index contributed by atoms with van der Waals surface area (Å²) in [7, 11) is 0. The Balaban J connectivity index is 2.19. The van der Waals surface area contributed by atoms with Crippen molar-refractivity contribution in [1.29, 1.82) is 0 Å². The van der Waals surface area contributed by atoms with Gasteiger partial charge in [-0.15, -0.1) is 0 Å². The molecule has 0 spiro atoms. The van der Waals surface area contributed by atoms with Gasteiger partial charge in [-0.2, -0.15) is 0 Å². The Hall–Kier alpha value is -0.0800. The van der Waals surface area contributed by atoms with Gasteiger partial charge >= 0.3 is 0 Å². The number of nitrogens with zero attached hydrogens (tertiary/aromatic N) is 1. The summed E-state index contributed by atoms with van der Waals surface area (Å²) in [6.07, 6.45) is 1.02. The van der Waals surface area contributed by atoms with Crippen LogP contribution in [0.5, 0.6) is 0 Å². The van der Waals surface area contributed by atoms with Crippen LogP contribution in [0.2, 0.25) is 0 Å². The molecule has 1 heterocycles. The first-order chi connectivity index (χ1) is 6.50. The second-order valence-corrected chi connectivity index (χ2v) is 4.81. The van der Waals surface area contributed by atoms with Crippen LogP contribution in [0.4, 0.5) is 0 Å². The molecular weight excluding hydrogens is 162 g/mol. The van der Waals surface area contributed by atoms with Crippen molar-refractivity contribution in [3.05, 3.63) is 0 Å². The lowest BCUT2D eigenvalue weighted by Gasteiger charge is -2.27. The SMILES string of the molecule is [2H]C(CCN1CCOCC1)C(C)(C)C. The average Bonchev–Trinajstić information content (AvgIpc) is 2.14. The monoisotopic (exact) mass is 186 g/mol. The van der Waals surface area contributed by atoms with Crippen LogP contribution in [0.25, 0.3) is 0 Å². The molecule has 2 heteroatoms. The molecule has 1 atom stereocenters. The molecule has 0 aromatic heterocycles. The quantitative estimate of drug-likeness (QED) is 0.669. The van der Waals surface area contributed by atoms with Crippen molar-refractivity contribution >= 4 is 0 Å². The van der Waals surface area contributed by atoms with Gasteiger partial charge in [0.15, 0.2) is 0 Å². The Labute approximate surface area is 83.7 Å². The molecule has 1 rings (SSSR count). The average molecular weight is 186 g/mol. The molecule has 78 valence electrons. The van der Waals surface area contributed by atoms with E-state index in [0.717, 1.165) is 39.3 Å². The first kappa shape index (κ1) is 9.47. The summed E-state index contributed by atoms with van der Waals surface area (Å²) in [6.45, 7) is 11.3. The van der Waals surface area contributed by atoms with Gasteiger partial charge in [0, 0.05) is 14.5 Å². The van der Waals surface area contributed by atoms with Crippen molar-refractivity contribution in [3.8, 4) is 0 Å². The molecular formula is C11H23NO. The Morgan fingerprint density at radius 2 is 1.92 bits per heavy atom. The van der Waals surface area contributed by atoms with Crippen molar-refractivity contribution in [2.75, 3.05) is 32.8 Å². The summed E-state index contributed by atoms with van der Waals surface area (Å²) in [5, 5.41) is 0. The lowest BCUT2D eigenvalue weighted by molar-refractivity contribution is 0.0361. The summed E-state index contributed by atoms with van der Waals surface area (Å²) < 4.78 is 13.3. The van der Waals surface area contributed by atoms with Crippen LogP contribution < -0.4 is 0 Å². The highest BCUT2D eigenvalue weighted by atomic mass is 16.5. The van der Waals surface area contributed by atoms with E-state index in [1.807, 2.05) is 0 Å². The molecule has 1 unspecified atom stereocenters. The second kappa shape index (κ2) is 4.97. The molecule has 0 aromatic rings. The summed E-state index contributed by atoms with van der Waals surface area (Å²) in [5.74, 6) is 0. The second-order valence-electron chi connectivity index (χ2n) is 4.81. The Morgan fingerprint density at radius 3 is 2.46 bits per heavy atom. The van der Waals surface area contributed by atoms with E-state index in [4.69, 9.17) is 6.11 Å². The molecule has 1 aliphatic heterocycles. The standard InChI is InChI=1S/C11H23NO/c1-11(2,3)5-4-6-12-7-9-13-10-8-12/h4-10H2,1-3H3/i5D. The highest BCUT2D eigenvalue weighted by Crippen LogP contribution is 2.20. The number of hydrogen-bond acceptors (Lipinski definition) is 2. The molecule has 0 bridgehead atoms. The largest absolute Gasteiger partial charge is 0.379 e. The smallest absolute Gasteiger partial charge is 0.0594 e. The Morgan fingerprint density at radius 1 is 1.31 bits per heavy atom. The third-order valence-corrected chi connectivity index (χ3v) is 2.31. The normalized spacial score (nSPS) is 24.1. The van der Waals surface area contributed by atoms with Gasteiger partial charge in [0.05, 0.1) is 13.2 Å². The first-order valence-electron chi connectivity index (χ1n) is 5.80. The third kappa shape index (κ3) is 5.27. The maximum absolute atomic E-state index is 7.98. The molecule has 0 aromatic carbocycles. The van der Waals surface area contributed by atoms with E-state index in [2.05, 4.69) is 25.7 Å². The summed E-state index contributed by atoms with van der Waals surface area (Å²) >= 11 is 0. The highest BCUT2D eigenvalue weighted by molar-refractivity contribution is 4.66. The predicted molar refractivity (Wildman–Crippen MR) is 55.9 cm³/mol. The molecule has 1 saturated heterocycles. The minimum absolute atomic E-state index is 0.0466. The molecule has 0 N–H and O–H groups in total. The minimum atomic E-state index is 0.0466. The molecule has 0 aliphatic carbocycles. The molecule has 0 radical (unpaired) electrons. The number of ether oxygens (including phenoxy) is 1. The fraction of sp³-hybridized carbons (Fsp3) is 1.00. The van der Waals surface area contributed by atoms with Crippen molar-refractivity contribution in [2.45, 2.75) is 33.6 Å². The van der Waals surface area contributed by atoms with Gasteiger partial charge in [0.2, 0.25) is 0 Å². The van der Waals surface area contributed by atoms with E-state index in [-0.39, 0.29) is 11.8 Å². The molecule has 2 nitrogen and oxygen atoms in total. The van der Waals surface area contributed by atoms with Crippen LogP contribution in [0.1, 0.15) is 35.0 Å². The topological polar surface area (TPSA) is 12.5 Å². The van der Waals surface area contributed by atoms with Gasteiger partial charge in [0.25, 0.3) is 0 Å². The van der Waals surface area contributed by atoms with Crippen molar-refractivity contribution in [1.82, 2.24) is 4.90 Å². The molecule has 13 heavy (non-hydrogen) atoms. The summed E-state index contributed by atoms with van der Waals surface area (Å²) in [6, 6.07) is 0. The third-order valence-electron chi connectivity index (χ3n) is 2.31. The zero-order chi connectivity index (χ0) is 10.6. The van der Waals surface area contributed by atoms with Gasteiger partial charge in [0.1, 0.15) is 0 Å². The maximum atomic E-state index is 7.98. The van der Waals surface area contributed by atoms with Crippen LogP contribution in [-0.4, -0.2) is 37.7 Å². The van der Waals surface area contributed by atoms with Crippen LogP contribution in [0.3, 0.4) is 0 Å². The van der Waals surface area contributed by atoms with Gasteiger partial charge in [-0.25, -0.2) is 0 Å². The van der Waals surface area contributed by atoms with E-state index in [9.17, 15) is 0 Å². The molecule has 0 saturated carbocycles. The van der Waals surface area contributed by atoms with Crippen molar-refractivity contribution in [2.24, 2.45) is 5.41 Å². The predicted octanol–water partition coefficient (Wildman–Crippen LogP) is 2.14. The van der Waals surface area contributed by atoms with Gasteiger partial charge in [-0.05, 0) is 24.8 Å². The Bertz CT molecular complexity index is 161. The van der Waals surface area contributed by atoms with Crippen LogP contribution in [0, 0.1) is 5.41 Å². The summed E-state index contributed by atoms with van der Waals surface area (Å²) in [5.41, 5.74) is 0.117. The zero-order valence-electron chi connectivity index (χ0n) is 10.2. The van der Waals surface area contributed by atoms with Gasteiger partial charge < -0.3 is 4.74 Å². The van der Waals surface area contributed by atoms with E-state index >= 15 is 0 Å². The van der Waals surface area contributed by atoms with Gasteiger partial charge in [-0.1, -0.05) is 20.8 Å². The number of rotatable bonds is 3.